The molecular weight excluding hydrogens is 1190 g/mol. The second kappa shape index (κ2) is 29.2. The van der Waals surface area contributed by atoms with E-state index < -0.39 is 35.8 Å². The molecule has 2 heterocycles. The van der Waals surface area contributed by atoms with Crippen molar-refractivity contribution in [1.82, 2.24) is 9.13 Å². The van der Waals surface area contributed by atoms with Crippen LogP contribution in [0.3, 0.4) is 0 Å². The van der Waals surface area contributed by atoms with Crippen molar-refractivity contribution in [2.24, 2.45) is 16.2 Å². The molecule has 0 bridgehead atoms. The summed E-state index contributed by atoms with van der Waals surface area (Å²) in [5, 5.41) is 24.8. The molecule has 93 heavy (non-hydrogen) atoms. The number of fused-ring (bicyclic) bond motifs is 8. The molecular formula is C74H75F4N5O10. The van der Waals surface area contributed by atoms with E-state index in [4.69, 9.17) is 23.9 Å². The van der Waals surface area contributed by atoms with E-state index in [1.807, 2.05) is 133 Å². The SMILES string of the molecule is CCCCC(CC)Cn1c2ccc(/C(=N/OC(C)=O)c3ccccc3OCC(F)(F)C(F)F)cc2c2cc(C(=O)c3c(C)cc(C)cc3C)c3ccccc3c21.CCn1c2ccc(/C(=N/OC(C)=O)c3ccc(OC(C)COC)cc3C)cc2c2cc([N+](=O)[O-])ccc21. The Morgan fingerprint density at radius 2 is 1.23 bits per heavy atom. The molecule has 0 aliphatic heterocycles. The van der Waals surface area contributed by atoms with Gasteiger partial charge in [0.1, 0.15) is 29.0 Å². The van der Waals surface area contributed by atoms with Crippen LogP contribution < -0.4 is 9.47 Å². The molecule has 8 aromatic carbocycles. The third-order valence-corrected chi connectivity index (χ3v) is 16.5. The van der Waals surface area contributed by atoms with Gasteiger partial charge in [-0.3, -0.25) is 14.9 Å². The van der Waals surface area contributed by atoms with Gasteiger partial charge in [-0.2, -0.15) is 8.78 Å². The normalized spacial score (nSPS) is 12.8. The average molecular weight is 1270 g/mol. The molecule has 10 aromatic rings. The number of halogens is 4. The average Bonchev–Trinajstić information content (AvgIpc) is 1.60. The van der Waals surface area contributed by atoms with Crippen molar-refractivity contribution in [2.75, 3.05) is 20.3 Å². The van der Waals surface area contributed by atoms with Gasteiger partial charge in [0.05, 0.1) is 17.0 Å². The Balaban J connectivity index is 0.000000239. The number of hydrogen-bond donors (Lipinski definition) is 0. The zero-order valence-corrected chi connectivity index (χ0v) is 54.0. The number of aromatic nitrogens is 2. The van der Waals surface area contributed by atoms with Crippen molar-refractivity contribution in [3.63, 3.8) is 0 Å². The second-order valence-corrected chi connectivity index (χ2v) is 23.4. The minimum absolute atomic E-state index is 0.0241. The van der Waals surface area contributed by atoms with Crippen LogP contribution in [0.2, 0.25) is 0 Å². The van der Waals surface area contributed by atoms with Crippen molar-refractivity contribution < 1.29 is 60.8 Å². The molecule has 0 aliphatic rings. The molecule has 2 unspecified atom stereocenters. The van der Waals surface area contributed by atoms with Gasteiger partial charge in [-0.15, -0.1) is 0 Å². The molecule has 0 saturated carbocycles. The number of hydrogen-bond acceptors (Lipinski definition) is 12. The lowest BCUT2D eigenvalue weighted by Crippen LogP contribution is -2.34. The number of carbonyl (C=O) groups excluding carboxylic acids is 3. The number of nitrogens with zero attached hydrogens (tertiary/aromatic N) is 5. The van der Waals surface area contributed by atoms with Crippen LogP contribution in [0.15, 0.2) is 150 Å². The van der Waals surface area contributed by atoms with E-state index in [0.29, 0.717) is 52.8 Å². The van der Waals surface area contributed by atoms with Gasteiger partial charge in [0.25, 0.3) is 5.69 Å². The van der Waals surface area contributed by atoms with E-state index in [1.165, 1.54) is 38.1 Å². The molecule has 19 heteroatoms. The molecule has 0 spiro atoms. The number of oxime groups is 2. The number of carbonyl (C=O) groups is 3. The Kier molecular flexibility index (Phi) is 21.3. The predicted octanol–water partition coefficient (Wildman–Crippen LogP) is 17.7. The Bertz CT molecular complexity index is 4530. The number of nitro groups is 1. The molecule has 0 amide bonds. The molecule has 0 radical (unpaired) electrons. The number of rotatable bonds is 24. The molecule has 484 valence electrons. The van der Waals surface area contributed by atoms with Gasteiger partial charge in [0, 0.05) is 123 Å². The highest BCUT2D eigenvalue weighted by Gasteiger charge is 2.42. The van der Waals surface area contributed by atoms with Gasteiger partial charge in [-0.25, -0.2) is 18.4 Å². The van der Waals surface area contributed by atoms with Gasteiger partial charge < -0.3 is 33.0 Å². The fourth-order valence-corrected chi connectivity index (χ4v) is 12.3. The molecule has 2 atom stereocenters. The summed E-state index contributed by atoms with van der Waals surface area (Å²) in [6, 6.07) is 41.9. The van der Waals surface area contributed by atoms with Gasteiger partial charge in [-0.05, 0) is 143 Å². The lowest BCUT2D eigenvalue weighted by Gasteiger charge is -2.19. The Morgan fingerprint density at radius 1 is 0.645 bits per heavy atom. The van der Waals surface area contributed by atoms with Crippen LogP contribution in [-0.2, 0) is 37.1 Å². The summed E-state index contributed by atoms with van der Waals surface area (Å²) in [6.45, 7) is 19.0. The van der Waals surface area contributed by atoms with Crippen molar-refractivity contribution in [3.8, 4) is 11.5 Å². The third kappa shape index (κ3) is 14.8. The summed E-state index contributed by atoms with van der Waals surface area (Å²) in [5.41, 5.74) is 11.3. The highest BCUT2D eigenvalue weighted by molar-refractivity contribution is 6.27. The number of methoxy groups -OCH3 is 1. The van der Waals surface area contributed by atoms with Gasteiger partial charge in [-0.1, -0.05) is 110 Å². The number of ketones is 1. The highest BCUT2D eigenvalue weighted by Crippen LogP contribution is 2.41. The van der Waals surface area contributed by atoms with Crippen LogP contribution in [0, 0.1) is 43.7 Å². The Hall–Kier alpha value is -9.75. The number of para-hydroxylation sites is 1. The lowest BCUT2D eigenvalue weighted by molar-refractivity contribution is -0.384. The number of unbranched alkanes of at least 4 members (excludes halogenated alkanes) is 1. The maximum absolute atomic E-state index is 14.7. The van der Waals surface area contributed by atoms with E-state index >= 15 is 0 Å². The summed E-state index contributed by atoms with van der Waals surface area (Å²) in [4.78, 5) is 59.6. The quantitative estimate of drug-likeness (QED) is 0.0141. The third-order valence-electron chi connectivity index (χ3n) is 16.5. The zero-order valence-electron chi connectivity index (χ0n) is 54.0. The first-order valence-corrected chi connectivity index (χ1v) is 31.0. The van der Waals surface area contributed by atoms with E-state index in [2.05, 4.69) is 33.3 Å². The van der Waals surface area contributed by atoms with Crippen LogP contribution in [0.4, 0.5) is 23.2 Å². The van der Waals surface area contributed by atoms with Gasteiger partial charge >= 0.3 is 24.3 Å². The number of alkyl halides is 4. The molecule has 15 nitrogen and oxygen atoms in total. The first kappa shape index (κ1) is 67.6. The number of benzene rings is 8. The van der Waals surface area contributed by atoms with E-state index in [9.17, 15) is 42.1 Å². The molecule has 0 fully saturated rings. The largest absolute Gasteiger partial charge is 0.488 e. The number of ether oxygens (including phenoxy) is 3. The van der Waals surface area contributed by atoms with Crippen LogP contribution in [0.1, 0.15) is 128 Å². The Labute approximate surface area is 536 Å². The molecule has 0 saturated heterocycles. The summed E-state index contributed by atoms with van der Waals surface area (Å²) in [7, 11) is 1.62. The van der Waals surface area contributed by atoms with Crippen molar-refractivity contribution in [3.05, 3.63) is 205 Å². The molecule has 0 N–H and O–H groups in total. The fourth-order valence-electron chi connectivity index (χ4n) is 12.3. The van der Waals surface area contributed by atoms with Gasteiger partial charge in [0.15, 0.2) is 12.4 Å². The highest BCUT2D eigenvalue weighted by atomic mass is 19.3. The zero-order chi connectivity index (χ0) is 67.0. The number of non-ortho nitro benzene ring substituents is 1. The standard InChI is InChI=1S/C46H46F4N2O4.C28H29N3O6/c1-7-9-14-31(8-2)25-52-39-20-19-32(42(51-56-30(6)53)35-17-12-13-18-40(35)55-26-46(49,50)45(47)48)23-36(39)37-24-38(33-15-10-11-16-34(33)43(37)52)44(54)41-28(4)21-27(3)22-29(41)5;1-6-30-26-11-7-20(14-24(26)25-15-21(31(33)34)8-12-27(25)30)28(29-37-19(4)32)23-10-9-22(13-17(23)2)36-18(3)16-35-5/h10-13,15-24,31,45H,7-9,14,25-26H2,1-6H3;7-15,18H,6,16H2,1-5H3/b51-42-;29-28-. The maximum atomic E-state index is 14.7. The molecule has 0 aliphatic carbocycles. The molecule has 10 rings (SSSR count). The smallest absolute Gasteiger partial charge is 0.340 e. The summed E-state index contributed by atoms with van der Waals surface area (Å²) in [6.07, 6.45) is 0.147. The number of aryl methyl sites for hydroxylation is 5. The molecule has 2 aromatic heterocycles. The van der Waals surface area contributed by atoms with Gasteiger partial charge in [0.2, 0.25) is 0 Å². The summed E-state index contributed by atoms with van der Waals surface area (Å²) in [5.74, 6) is -4.84. The number of nitro benzene ring substituents is 1. The predicted molar refractivity (Wildman–Crippen MR) is 357 cm³/mol. The van der Waals surface area contributed by atoms with Crippen LogP contribution in [0.5, 0.6) is 11.5 Å². The van der Waals surface area contributed by atoms with Crippen LogP contribution in [0.25, 0.3) is 54.4 Å². The van der Waals surface area contributed by atoms with Crippen molar-refractivity contribution in [1.29, 1.82) is 0 Å². The van der Waals surface area contributed by atoms with Crippen LogP contribution >= 0.6 is 0 Å². The van der Waals surface area contributed by atoms with Crippen molar-refractivity contribution >= 4 is 89.2 Å². The van der Waals surface area contributed by atoms with Crippen molar-refractivity contribution in [2.45, 2.75) is 126 Å². The lowest BCUT2D eigenvalue weighted by atomic mass is 9.89. The van der Waals surface area contributed by atoms with Crippen LogP contribution in [-0.4, -0.2) is 82.0 Å². The first-order chi connectivity index (χ1) is 44.5. The minimum atomic E-state index is -4.40. The monoisotopic (exact) mass is 1270 g/mol. The summed E-state index contributed by atoms with van der Waals surface area (Å²) >= 11 is 0. The van der Waals surface area contributed by atoms with E-state index in [1.54, 1.807) is 31.4 Å². The fraction of sp³-hybridized carbons (Fsp3) is 0.311. The topological polar surface area (TPSA) is 175 Å². The second-order valence-electron chi connectivity index (χ2n) is 23.4. The summed E-state index contributed by atoms with van der Waals surface area (Å²) < 4.78 is 75.0. The Morgan fingerprint density at radius 3 is 1.81 bits per heavy atom. The maximum Gasteiger partial charge on any atom is 0.340 e. The minimum Gasteiger partial charge on any atom is -0.488 e. The van der Waals surface area contributed by atoms with E-state index in [0.717, 1.165) is 114 Å². The first-order valence-electron chi connectivity index (χ1n) is 31.0. The van der Waals surface area contributed by atoms with E-state index in [-0.39, 0.29) is 34.6 Å².